The van der Waals surface area contributed by atoms with E-state index in [1.54, 1.807) is 0 Å². The average Bonchev–Trinajstić information content (AvgIpc) is 2.27. The van der Waals surface area contributed by atoms with Crippen LogP contribution in [0.15, 0.2) is 18.2 Å². The smallest absolute Gasteiger partial charge is 0.493 e. The SMILES string of the molecule is COc1ccc(C[C@@H](N)C(=O)O)cc1OC(F)(F)F. The van der Waals surface area contributed by atoms with Crippen molar-refractivity contribution >= 4 is 5.97 Å². The van der Waals surface area contributed by atoms with E-state index in [0.29, 0.717) is 5.56 Å². The van der Waals surface area contributed by atoms with Crippen molar-refractivity contribution in [2.45, 2.75) is 18.8 Å². The number of methoxy groups -OCH3 is 1. The minimum atomic E-state index is -4.86. The number of carboxylic acids is 1. The summed E-state index contributed by atoms with van der Waals surface area (Å²) in [4.78, 5) is 10.6. The molecule has 0 aliphatic heterocycles. The molecule has 1 rings (SSSR count). The molecule has 0 unspecified atom stereocenters. The number of carboxylic acid groups (broad SMARTS) is 1. The molecule has 5 nitrogen and oxygen atoms in total. The summed E-state index contributed by atoms with van der Waals surface area (Å²) in [6, 6.07) is 2.53. The second kappa shape index (κ2) is 5.79. The van der Waals surface area contributed by atoms with E-state index in [4.69, 9.17) is 15.6 Å². The molecule has 0 aliphatic carbocycles. The molecule has 0 radical (unpaired) electrons. The lowest BCUT2D eigenvalue weighted by molar-refractivity contribution is -0.275. The van der Waals surface area contributed by atoms with E-state index >= 15 is 0 Å². The van der Waals surface area contributed by atoms with Gasteiger partial charge in [0.2, 0.25) is 0 Å². The maximum atomic E-state index is 12.2. The number of hydrogen-bond acceptors (Lipinski definition) is 4. The first kappa shape index (κ1) is 15.1. The molecule has 19 heavy (non-hydrogen) atoms. The van der Waals surface area contributed by atoms with Crippen LogP contribution >= 0.6 is 0 Å². The molecule has 106 valence electrons. The van der Waals surface area contributed by atoms with Crippen molar-refractivity contribution in [2.75, 3.05) is 7.11 Å². The fourth-order valence-corrected chi connectivity index (χ4v) is 1.39. The van der Waals surface area contributed by atoms with Gasteiger partial charge in [-0.3, -0.25) is 4.79 Å². The first-order chi connectivity index (χ1) is 8.73. The van der Waals surface area contributed by atoms with Crippen molar-refractivity contribution in [3.05, 3.63) is 23.8 Å². The summed E-state index contributed by atoms with van der Waals surface area (Å²) in [5.74, 6) is -1.89. The topological polar surface area (TPSA) is 81.8 Å². The number of alkyl halides is 3. The van der Waals surface area contributed by atoms with Gasteiger partial charge in [-0.15, -0.1) is 13.2 Å². The average molecular weight is 279 g/mol. The Morgan fingerprint density at radius 2 is 2.05 bits per heavy atom. The van der Waals surface area contributed by atoms with E-state index in [1.807, 2.05) is 0 Å². The zero-order chi connectivity index (χ0) is 14.6. The highest BCUT2D eigenvalue weighted by Gasteiger charge is 2.32. The summed E-state index contributed by atoms with van der Waals surface area (Å²) in [6.07, 6.45) is -4.98. The molecule has 0 saturated carbocycles. The van der Waals surface area contributed by atoms with Crippen LogP contribution in [0.5, 0.6) is 11.5 Å². The quantitative estimate of drug-likeness (QED) is 0.854. The van der Waals surface area contributed by atoms with E-state index < -0.39 is 24.1 Å². The van der Waals surface area contributed by atoms with Crippen LogP contribution in [0.4, 0.5) is 13.2 Å². The summed E-state index contributed by atoms with van der Waals surface area (Å²) in [5, 5.41) is 8.64. The molecule has 8 heteroatoms. The summed E-state index contributed by atoms with van der Waals surface area (Å²) in [6.45, 7) is 0. The third kappa shape index (κ3) is 4.66. The molecule has 1 aromatic carbocycles. The molecular formula is C11H12F3NO4. The lowest BCUT2D eigenvalue weighted by Crippen LogP contribution is -2.32. The highest BCUT2D eigenvalue weighted by atomic mass is 19.4. The number of carbonyl (C=O) groups is 1. The Balaban J connectivity index is 2.98. The zero-order valence-electron chi connectivity index (χ0n) is 9.90. The third-order valence-corrected chi connectivity index (χ3v) is 2.23. The number of aliphatic carboxylic acids is 1. The van der Waals surface area contributed by atoms with E-state index in [2.05, 4.69) is 4.74 Å². The molecule has 0 heterocycles. The number of halogens is 3. The first-order valence-corrected chi connectivity index (χ1v) is 5.14. The van der Waals surface area contributed by atoms with E-state index in [9.17, 15) is 18.0 Å². The van der Waals surface area contributed by atoms with E-state index in [-0.39, 0.29) is 12.2 Å². The normalized spacial score (nSPS) is 12.9. The maximum absolute atomic E-state index is 12.2. The fraction of sp³-hybridized carbons (Fsp3) is 0.364. The molecule has 0 bridgehead atoms. The predicted octanol–water partition coefficient (Wildman–Crippen LogP) is 1.55. The molecule has 0 fully saturated rings. The summed E-state index contributed by atoms with van der Waals surface area (Å²) in [5.41, 5.74) is 5.60. The van der Waals surface area contributed by atoms with Gasteiger partial charge in [-0.2, -0.15) is 0 Å². The number of nitrogens with two attached hydrogens (primary N) is 1. The standard InChI is InChI=1S/C11H12F3NO4/c1-18-8-3-2-6(4-7(15)10(16)17)5-9(8)19-11(12,13)14/h2-3,5,7H,4,15H2,1H3,(H,16,17)/t7-/m1/s1. The monoisotopic (exact) mass is 279 g/mol. The molecule has 0 aromatic heterocycles. The third-order valence-electron chi connectivity index (χ3n) is 2.23. The molecule has 0 spiro atoms. The molecular weight excluding hydrogens is 267 g/mol. The minimum absolute atomic E-state index is 0.107. The molecule has 0 amide bonds. The molecule has 0 aliphatic rings. The van der Waals surface area contributed by atoms with Crippen LogP contribution in [-0.2, 0) is 11.2 Å². The van der Waals surface area contributed by atoms with Crippen molar-refractivity contribution in [2.24, 2.45) is 5.73 Å². The Labute approximate surface area is 106 Å². The van der Waals surface area contributed by atoms with Gasteiger partial charge in [0.05, 0.1) is 7.11 Å². The Kier molecular flexibility index (Phi) is 4.60. The molecule has 1 aromatic rings. The summed E-state index contributed by atoms with van der Waals surface area (Å²) >= 11 is 0. The van der Waals surface area contributed by atoms with Gasteiger partial charge in [0.15, 0.2) is 11.5 Å². The van der Waals surface area contributed by atoms with Crippen molar-refractivity contribution in [1.82, 2.24) is 0 Å². The van der Waals surface area contributed by atoms with Gasteiger partial charge in [-0.25, -0.2) is 0 Å². The van der Waals surface area contributed by atoms with Crippen LogP contribution in [0.2, 0.25) is 0 Å². The minimum Gasteiger partial charge on any atom is -0.493 e. The lowest BCUT2D eigenvalue weighted by atomic mass is 10.1. The molecule has 1 atom stereocenters. The lowest BCUT2D eigenvalue weighted by Gasteiger charge is -2.14. The van der Waals surface area contributed by atoms with Gasteiger partial charge < -0.3 is 20.3 Å². The van der Waals surface area contributed by atoms with Gasteiger partial charge in [-0.05, 0) is 24.1 Å². The van der Waals surface area contributed by atoms with Crippen molar-refractivity contribution in [3.8, 4) is 11.5 Å². The second-order valence-corrected chi connectivity index (χ2v) is 3.68. The number of rotatable bonds is 5. The number of ether oxygens (including phenoxy) is 2. The first-order valence-electron chi connectivity index (χ1n) is 5.14. The largest absolute Gasteiger partial charge is 0.573 e. The van der Waals surface area contributed by atoms with Crippen molar-refractivity contribution in [1.29, 1.82) is 0 Å². The van der Waals surface area contributed by atoms with Gasteiger partial charge >= 0.3 is 12.3 Å². The van der Waals surface area contributed by atoms with Gasteiger partial charge in [0.1, 0.15) is 6.04 Å². The fourth-order valence-electron chi connectivity index (χ4n) is 1.39. The van der Waals surface area contributed by atoms with Crippen molar-refractivity contribution < 1.29 is 32.5 Å². The molecule has 0 saturated heterocycles. The van der Waals surface area contributed by atoms with E-state index in [1.165, 1.54) is 19.2 Å². The Morgan fingerprint density at radius 3 is 2.53 bits per heavy atom. The van der Waals surface area contributed by atoms with Gasteiger partial charge in [0.25, 0.3) is 0 Å². The summed E-state index contributed by atoms with van der Waals surface area (Å²) in [7, 11) is 1.20. The Hall–Kier alpha value is -1.96. The van der Waals surface area contributed by atoms with Crippen molar-refractivity contribution in [3.63, 3.8) is 0 Å². The summed E-state index contributed by atoms with van der Waals surface area (Å²) < 4.78 is 45.1. The van der Waals surface area contributed by atoms with Crippen LogP contribution in [0.1, 0.15) is 5.56 Å². The van der Waals surface area contributed by atoms with Gasteiger partial charge in [-0.1, -0.05) is 6.07 Å². The highest BCUT2D eigenvalue weighted by molar-refractivity contribution is 5.73. The van der Waals surface area contributed by atoms with Crippen LogP contribution in [0.3, 0.4) is 0 Å². The van der Waals surface area contributed by atoms with Crippen LogP contribution in [-0.4, -0.2) is 30.6 Å². The highest BCUT2D eigenvalue weighted by Crippen LogP contribution is 2.33. The van der Waals surface area contributed by atoms with E-state index in [0.717, 1.165) is 6.07 Å². The van der Waals surface area contributed by atoms with Crippen LogP contribution in [0, 0.1) is 0 Å². The predicted molar refractivity (Wildman–Crippen MR) is 59.0 cm³/mol. The van der Waals surface area contributed by atoms with Crippen LogP contribution < -0.4 is 15.2 Å². The second-order valence-electron chi connectivity index (χ2n) is 3.68. The Morgan fingerprint density at radius 1 is 1.42 bits per heavy atom. The van der Waals surface area contributed by atoms with Gasteiger partial charge in [0, 0.05) is 0 Å². The molecule has 3 N–H and O–H groups in total. The number of hydrogen-bond donors (Lipinski definition) is 2. The Bertz CT molecular complexity index is 462. The number of benzene rings is 1. The zero-order valence-corrected chi connectivity index (χ0v) is 9.90. The maximum Gasteiger partial charge on any atom is 0.573 e. The van der Waals surface area contributed by atoms with Crippen LogP contribution in [0.25, 0.3) is 0 Å².